The quantitative estimate of drug-likeness (QED) is 0.908. The summed E-state index contributed by atoms with van der Waals surface area (Å²) in [5.41, 5.74) is 0.0607. The van der Waals surface area contributed by atoms with Gasteiger partial charge in [0.05, 0.1) is 12.8 Å². The van der Waals surface area contributed by atoms with E-state index in [2.05, 4.69) is 4.98 Å². The third-order valence-corrected chi connectivity index (χ3v) is 3.15. The van der Waals surface area contributed by atoms with E-state index in [0.717, 1.165) is 18.6 Å². The molecule has 0 atom stereocenters. The molecule has 0 saturated heterocycles. The van der Waals surface area contributed by atoms with E-state index in [0.29, 0.717) is 12.2 Å². The van der Waals surface area contributed by atoms with E-state index < -0.39 is 0 Å². The maximum absolute atomic E-state index is 12.4. The summed E-state index contributed by atoms with van der Waals surface area (Å²) in [5.74, 6) is 0.593. The van der Waals surface area contributed by atoms with Crippen LogP contribution in [-0.4, -0.2) is 21.8 Å². The summed E-state index contributed by atoms with van der Waals surface area (Å²) in [6.45, 7) is 0.438. The minimum absolute atomic E-state index is 0.156. The number of nitrogens with one attached hydrogen (secondary N) is 1. The topological polar surface area (TPSA) is 66.3 Å². The Bertz CT molecular complexity index is 626. The minimum atomic E-state index is -0.264. The lowest BCUT2D eigenvalue weighted by Crippen LogP contribution is -2.33. The lowest BCUT2D eigenvalue weighted by atomic mass is 10.3. The molecule has 1 aliphatic carbocycles. The van der Waals surface area contributed by atoms with Crippen LogP contribution in [0.5, 0.6) is 0 Å². The molecule has 0 spiro atoms. The molecule has 1 aliphatic rings. The van der Waals surface area contributed by atoms with Crippen LogP contribution in [0, 0.1) is 0 Å². The van der Waals surface area contributed by atoms with Crippen LogP contribution in [0.1, 0.15) is 29.1 Å². The molecule has 0 aromatic carbocycles. The molecule has 2 aromatic rings. The molecule has 1 fully saturated rings. The number of aromatic amines is 1. The lowest BCUT2D eigenvalue weighted by Gasteiger charge is -2.21. The molecule has 0 radical (unpaired) electrons. The second-order valence-electron chi connectivity index (χ2n) is 4.67. The van der Waals surface area contributed by atoms with Gasteiger partial charge in [0.2, 0.25) is 5.56 Å². The summed E-state index contributed by atoms with van der Waals surface area (Å²) in [6, 6.07) is 8.50. The summed E-state index contributed by atoms with van der Waals surface area (Å²) in [4.78, 5) is 28.0. The number of furan rings is 1. The predicted octanol–water partition coefficient (Wildman–Crippen LogP) is 1.77. The maximum Gasteiger partial charge on any atom is 0.271 e. The summed E-state index contributed by atoms with van der Waals surface area (Å²) in [7, 11) is 0. The Kier molecular flexibility index (Phi) is 2.95. The number of carbonyl (C=O) groups excluding carboxylic acids is 1. The number of hydrogen-bond acceptors (Lipinski definition) is 3. The number of amides is 1. The molecular weight excluding hydrogens is 244 g/mol. The molecule has 3 rings (SSSR count). The molecule has 5 nitrogen and oxygen atoms in total. The van der Waals surface area contributed by atoms with E-state index in [1.165, 1.54) is 6.07 Å². The van der Waals surface area contributed by atoms with Crippen molar-refractivity contribution in [2.24, 2.45) is 0 Å². The Hall–Kier alpha value is -2.30. The molecule has 1 saturated carbocycles. The number of pyridine rings is 1. The number of carbonyl (C=O) groups is 1. The zero-order chi connectivity index (χ0) is 13.2. The van der Waals surface area contributed by atoms with Gasteiger partial charge >= 0.3 is 0 Å². The van der Waals surface area contributed by atoms with E-state index in [9.17, 15) is 9.59 Å². The van der Waals surface area contributed by atoms with E-state index in [4.69, 9.17) is 4.42 Å². The number of nitrogens with zero attached hydrogens (tertiary/aromatic N) is 1. The van der Waals surface area contributed by atoms with Gasteiger partial charge in [-0.05, 0) is 31.0 Å². The minimum Gasteiger partial charge on any atom is -0.467 e. The maximum atomic E-state index is 12.4. The van der Waals surface area contributed by atoms with Crippen molar-refractivity contribution in [1.82, 2.24) is 9.88 Å². The zero-order valence-electron chi connectivity index (χ0n) is 10.3. The van der Waals surface area contributed by atoms with Crippen LogP contribution in [0.15, 0.2) is 45.8 Å². The van der Waals surface area contributed by atoms with Crippen molar-refractivity contribution in [2.75, 3.05) is 0 Å². The van der Waals surface area contributed by atoms with E-state index >= 15 is 0 Å². The van der Waals surface area contributed by atoms with Crippen LogP contribution in [0.3, 0.4) is 0 Å². The van der Waals surface area contributed by atoms with E-state index in [1.54, 1.807) is 29.4 Å². The van der Waals surface area contributed by atoms with Gasteiger partial charge in [0.25, 0.3) is 5.91 Å². The first kappa shape index (κ1) is 11.8. The van der Waals surface area contributed by atoms with Crippen molar-refractivity contribution in [2.45, 2.75) is 25.4 Å². The lowest BCUT2D eigenvalue weighted by molar-refractivity contribution is 0.0711. The summed E-state index contributed by atoms with van der Waals surface area (Å²) < 4.78 is 5.29. The Morgan fingerprint density at radius 2 is 2.16 bits per heavy atom. The summed E-state index contributed by atoms with van der Waals surface area (Å²) in [5, 5.41) is 0. The van der Waals surface area contributed by atoms with Gasteiger partial charge in [-0.2, -0.15) is 0 Å². The van der Waals surface area contributed by atoms with Crippen LogP contribution in [0.2, 0.25) is 0 Å². The van der Waals surface area contributed by atoms with Crippen molar-refractivity contribution >= 4 is 5.91 Å². The third-order valence-electron chi connectivity index (χ3n) is 3.15. The van der Waals surface area contributed by atoms with E-state index in [-0.39, 0.29) is 17.5 Å². The van der Waals surface area contributed by atoms with Gasteiger partial charge < -0.3 is 14.3 Å². The van der Waals surface area contributed by atoms with Crippen LogP contribution in [0.25, 0.3) is 0 Å². The van der Waals surface area contributed by atoms with Gasteiger partial charge in [-0.15, -0.1) is 0 Å². The fraction of sp³-hybridized carbons (Fsp3) is 0.286. The highest BCUT2D eigenvalue weighted by atomic mass is 16.3. The molecule has 2 heterocycles. The number of hydrogen-bond donors (Lipinski definition) is 1. The fourth-order valence-corrected chi connectivity index (χ4v) is 2.05. The average Bonchev–Trinajstić information content (AvgIpc) is 3.12. The molecule has 5 heteroatoms. The SMILES string of the molecule is O=C(c1cccc(=O)[nH]1)N(Cc1ccco1)C1CC1. The van der Waals surface area contributed by atoms with Crippen molar-refractivity contribution in [3.8, 4) is 0 Å². The smallest absolute Gasteiger partial charge is 0.271 e. The largest absolute Gasteiger partial charge is 0.467 e. The number of H-pyrrole nitrogens is 1. The third kappa shape index (κ3) is 2.59. The molecule has 2 aromatic heterocycles. The van der Waals surface area contributed by atoms with Gasteiger partial charge in [-0.25, -0.2) is 0 Å². The normalized spacial score (nSPS) is 14.3. The van der Waals surface area contributed by atoms with Crippen molar-refractivity contribution in [1.29, 1.82) is 0 Å². The van der Waals surface area contributed by atoms with Crippen LogP contribution in [-0.2, 0) is 6.54 Å². The van der Waals surface area contributed by atoms with Gasteiger partial charge in [-0.3, -0.25) is 9.59 Å². The van der Waals surface area contributed by atoms with Crippen molar-refractivity contribution in [3.63, 3.8) is 0 Å². The van der Waals surface area contributed by atoms with Gasteiger partial charge in [-0.1, -0.05) is 6.07 Å². The number of rotatable bonds is 4. The van der Waals surface area contributed by atoms with Crippen LogP contribution >= 0.6 is 0 Å². The first-order valence-corrected chi connectivity index (χ1v) is 6.27. The van der Waals surface area contributed by atoms with E-state index in [1.807, 2.05) is 6.07 Å². The summed E-state index contributed by atoms with van der Waals surface area (Å²) >= 11 is 0. The van der Waals surface area contributed by atoms with Gasteiger partial charge in [0.15, 0.2) is 0 Å². The fourth-order valence-electron chi connectivity index (χ4n) is 2.05. The van der Waals surface area contributed by atoms with Gasteiger partial charge in [0.1, 0.15) is 11.5 Å². The first-order valence-electron chi connectivity index (χ1n) is 6.27. The Balaban J connectivity index is 1.84. The molecule has 19 heavy (non-hydrogen) atoms. The second kappa shape index (κ2) is 4.76. The van der Waals surface area contributed by atoms with Crippen molar-refractivity contribution < 1.29 is 9.21 Å². The standard InChI is InChI=1S/C14H14N2O3/c17-13-5-1-4-12(15-13)14(18)16(10-6-7-10)9-11-3-2-8-19-11/h1-5,8,10H,6-7,9H2,(H,15,17). The summed E-state index contributed by atoms with van der Waals surface area (Å²) in [6.07, 6.45) is 3.60. The average molecular weight is 258 g/mol. The highest BCUT2D eigenvalue weighted by molar-refractivity contribution is 5.92. The van der Waals surface area contributed by atoms with Crippen molar-refractivity contribution in [3.05, 3.63) is 58.4 Å². The number of aromatic nitrogens is 1. The monoisotopic (exact) mass is 258 g/mol. The first-order chi connectivity index (χ1) is 9.24. The van der Waals surface area contributed by atoms with Crippen LogP contribution < -0.4 is 5.56 Å². The molecular formula is C14H14N2O3. The molecule has 1 amide bonds. The zero-order valence-corrected chi connectivity index (χ0v) is 10.3. The Labute approximate surface area is 109 Å². The highest BCUT2D eigenvalue weighted by Crippen LogP contribution is 2.29. The highest BCUT2D eigenvalue weighted by Gasteiger charge is 2.33. The Morgan fingerprint density at radius 1 is 1.32 bits per heavy atom. The Morgan fingerprint density at radius 3 is 2.79 bits per heavy atom. The molecule has 0 aliphatic heterocycles. The molecule has 0 unspecified atom stereocenters. The predicted molar refractivity (Wildman–Crippen MR) is 68.7 cm³/mol. The second-order valence-corrected chi connectivity index (χ2v) is 4.67. The molecule has 1 N–H and O–H groups in total. The molecule has 98 valence electrons. The molecule has 0 bridgehead atoms. The van der Waals surface area contributed by atoms with Crippen LogP contribution in [0.4, 0.5) is 0 Å². The van der Waals surface area contributed by atoms with Gasteiger partial charge in [0, 0.05) is 12.1 Å².